The van der Waals surface area contributed by atoms with Crippen LogP contribution in [0.3, 0.4) is 0 Å². The monoisotopic (exact) mass is 339 g/mol. The molecule has 0 aliphatic heterocycles. The Balaban J connectivity index is 1.82. The molecule has 2 rings (SSSR count). The molecule has 1 atom stereocenters. The van der Waals surface area contributed by atoms with Gasteiger partial charge in [0.1, 0.15) is 18.1 Å². The van der Waals surface area contributed by atoms with Gasteiger partial charge in [-0.05, 0) is 36.4 Å². The predicted molar refractivity (Wildman–Crippen MR) is 83.6 cm³/mol. The van der Waals surface area contributed by atoms with Crippen LogP contribution < -0.4 is 15.0 Å². The quantitative estimate of drug-likeness (QED) is 0.811. The number of carbonyl (C=O) groups is 1. The molecule has 0 spiro atoms. The molecule has 0 heterocycles. The Hall–Kier alpha value is -2.54. The summed E-state index contributed by atoms with van der Waals surface area (Å²) < 4.78 is 41.2. The Morgan fingerprint density at radius 3 is 2.33 bits per heavy atom. The standard InChI is InChI=1S/C17H17F3N2O2/c1-22(10-12-2-4-13(18)5-3-12)11-16(23)21-14-6-8-15(9-7-14)24-17(19)20/h2-9,17H,10-11H2,1H3,(H,21,23)/p+1. The van der Waals surface area contributed by atoms with E-state index in [9.17, 15) is 18.0 Å². The lowest BCUT2D eigenvalue weighted by Gasteiger charge is -2.14. The number of carbonyl (C=O) groups excluding carboxylic acids is 1. The van der Waals surface area contributed by atoms with Gasteiger partial charge < -0.3 is 15.0 Å². The second kappa shape index (κ2) is 8.35. The number of amides is 1. The molecule has 0 aliphatic rings. The largest absolute Gasteiger partial charge is 0.435 e. The van der Waals surface area contributed by atoms with Crippen molar-refractivity contribution in [2.45, 2.75) is 13.2 Å². The van der Waals surface area contributed by atoms with E-state index in [1.807, 2.05) is 7.05 Å². The van der Waals surface area contributed by atoms with Crippen LogP contribution in [-0.4, -0.2) is 26.1 Å². The molecular formula is C17H18F3N2O2+. The zero-order chi connectivity index (χ0) is 17.5. The van der Waals surface area contributed by atoms with Gasteiger partial charge in [0, 0.05) is 11.3 Å². The van der Waals surface area contributed by atoms with Crippen molar-refractivity contribution >= 4 is 11.6 Å². The molecule has 0 fully saturated rings. The van der Waals surface area contributed by atoms with Gasteiger partial charge >= 0.3 is 6.61 Å². The van der Waals surface area contributed by atoms with Crippen molar-refractivity contribution in [3.05, 3.63) is 59.9 Å². The number of hydrogen-bond acceptors (Lipinski definition) is 2. The molecule has 1 unspecified atom stereocenters. The minimum atomic E-state index is -2.88. The van der Waals surface area contributed by atoms with E-state index in [1.54, 1.807) is 12.1 Å². The smallest absolute Gasteiger partial charge is 0.387 e. The van der Waals surface area contributed by atoms with E-state index in [4.69, 9.17) is 0 Å². The molecule has 0 saturated carbocycles. The van der Waals surface area contributed by atoms with Gasteiger partial charge in [0.05, 0.1) is 7.05 Å². The van der Waals surface area contributed by atoms with Crippen molar-refractivity contribution in [3.63, 3.8) is 0 Å². The Kier molecular flexibility index (Phi) is 6.20. The molecule has 0 saturated heterocycles. The van der Waals surface area contributed by atoms with Gasteiger partial charge in [-0.1, -0.05) is 12.1 Å². The van der Waals surface area contributed by atoms with Gasteiger partial charge in [0.2, 0.25) is 0 Å². The Morgan fingerprint density at radius 1 is 1.12 bits per heavy atom. The number of nitrogens with one attached hydrogen (secondary N) is 2. The highest BCUT2D eigenvalue weighted by atomic mass is 19.3. The summed E-state index contributed by atoms with van der Waals surface area (Å²) in [7, 11) is 1.85. The van der Waals surface area contributed by atoms with Crippen molar-refractivity contribution in [2.75, 3.05) is 18.9 Å². The van der Waals surface area contributed by atoms with Crippen LogP contribution in [0.25, 0.3) is 0 Å². The number of likely N-dealkylation sites (N-methyl/N-ethyl adjacent to an activating group) is 1. The molecule has 7 heteroatoms. The SMILES string of the molecule is C[NH+](CC(=O)Nc1ccc(OC(F)F)cc1)Cc1ccc(F)cc1. The fraction of sp³-hybridized carbons (Fsp3) is 0.235. The first kappa shape index (κ1) is 17.8. The van der Waals surface area contributed by atoms with Gasteiger partial charge in [-0.15, -0.1) is 0 Å². The van der Waals surface area contributed by atoms with E-state index in [-0.39, 0.29) is 24.0 Å². The molecule has 0 aromatic heterocycles. The number of benzene rings is 2. The third-order valence-corrected chi connectivity index (χ3v) is 3.24. The Morgan fingerprint density at radius 2 is 1.75 bits per heavy atom. The maximum atomic E-state index is 12.9. The lowest BCUT2D eigenvalue weighted by Crippen LogP contribution is -3.08. The van der Waals surface area contributed by atoms with E-state index in [0.717, 1.165) is 10.5 Å². The van der Waals surface area contributed by atoms with E-state index in [0.29, 0.717) is 12.2 Å². The summed E-state index contributed by atoms with van der Waals surface area (Å²) in [6.45, 7) is -2.09. The van der Waals surface area contributed by atoms with Crippen LogP contribution in [0.4, 0.5) is 18.9 Å². The van der Waals surface area contributed by atoms with Gasteiger partial charge in [0.25, 0.3) is 5.91 Å². The van der Waals surface area contributed by atoms with Crippen LogP contribution in [0, 0.1) is 5.82 Å². The maximum Gasteiger partial charge on any atom is 0.387 e. The topological polar surface area (TPSA) is 42.8 Å². The van der Waals surface area contributed by atoms with Crippen LogP contribution in [0.1, 0.15) is 5.56 Å². The second-order valence-electron chi connectivity index (χ2n) is 5.39. The molecule has 2 aromatic rings. The zero-order valence-electron chi connectivity index (χ0n) is 13.1. The molecule has 1 amide bonds. The zero-order valence-corrected chi connectivity index (χ0v) is 13.1. The summed E-state index contributed by atoms with van der Waals surface area (Å²) in [5.74, 6) is -0.479. The van der Waals surface area contributed by atoms with E-state index >= 15 is 0 Å². The number of quaternary nitrogens is 1. The second-order valence-corrected chi connectivity index (χ2v) is 5.39. The minimum Gasteiger partial charge on any atom is -0.435 e. The first-order valence-corrected chi connectivity index (χ1v) is 7.33. The number of alkyl halides is 2. The first-order chi connectivity index (χ1) is 11.4. The van der Waals surface area contributed by atoms with Gasteiger partial charge in [-0.3, -0.25) is 4.79 Å². The highest BCUT2D eigenvalue weighted by molar-refractivity contribution is 5.91. The number of halogens is 3. The summed E-state index contributed by atoms with van der Waals surface area (Å²) in [6.07, 6.45) is 0. The highest BCUT2D eigenvalue weighted by Crippen LogP contribution is 2.17. The summed E-state index contributed by atoms with van der Waals surface area (Å²) >= 11 is 0. The fourth-order valence-electron chi connectivity index (χ4n) is 2.21. The summed E-state index contributed by atoms with van der Waals surface area (Å²) in [4.78, 5) is 12.9. The van der Waals surface area contributed by atoms with E-state index in [2.05, 4.69) is 10.1 Å². The summed E-state index contributed by atoms with van der Waals surface area (Å²) in [5, 5.41) is 2.69. The number of anilines is 1. The van der Waals surface area contributed by atoms with Crippen LogP contribution >= 0.6 is 0 Å². The molecule has 4 nitrogen and oxygen atoms in total. The minimum absolute atomic E-state index is 0.0297. The normalized spacial score (nSPS) is 12.0. The Bertz CT molecular complexity index is 661. The lowest BCUT2D eigenvalue weighted by atomic mass is 10.2. The summed E-state index contributed by atoms with van der Waals surface area (Å²) in [5.41, 5.74) is 1.42. The van der Waals surface area contributed by atoms with Crippen molar-refractivity contribution in [2.24, 2.45) is 0 Å². The third kappa shape index (κ3) is 5.92. The van der Waals surface area contributed by atoms with Gasteiger partial charge in [-0.2, -0.15) is 8.78 Å². The lowest BCUT2D eigenvalue weighted by molar-refractivity contribution is -0.885. The molecule has 0 aliphatic carbocycles. The summed E-state index contributed by atoms with van der Waals surface area (Å²) in [6, 6.07) is 11.8. The van der Waals surface area contributed by atoms with Crippen LogP contribution in [0.15, 0.2) is 48.5 Å². The molecule has 0 radical (unpaired) electrons. The van der Waals surface area contributed by atoms with Crippen LogP contribution in [0.2, 0.25) is 0 Å². The Labute approximate surface area is 137 Å². The molecule has 2 aromatic carbocycles. The number of rotatable bonds is 7. The average molecular weight is 339 g/mol. The van der Waals surface area contributed by atoms with Gasteiger partial charge in [-0.25, -0.2) is 4.39 Å². The predicted octanol–water partition coefficient (Wildman–Crippen LogP) is 2.08. The molecule has 24 heavy (non-hydrogen) atoms. The van der Waals surface area contributed by atoms with Gasteiger partial charge in [0.15, 0.2) is 6.54 Å². The third-order valence-electron chi connectivity index (χ3n) is 3.24. The maximum absolute atomic E-state index is 12.9. The molecule has 2 N–H and O–H groups in total. The fourth-order valence-corrected chi connectivity index (χ4v) is 2.21. The van der Waals surface area contributed by atoms with Crippen molar-refractivity contribution < 1.29 is 27.6 Å². The van der Waals surface area contributed by atoms with E-state index < -0.39 is 6.61 Å². The number of ether oxygens (including phenoxy) is 1. The van der Waals surface area contributed by atoms with Crippen LogP contribution in [-0.2, 0) is 11.3 Å². The first-order valence-electron chi connectivity index (χ1n) is 7.33. The molecule has 0 bridgehead atoms. The molecule has 128 valence electrons. The highest BCUT2D eigenvalue weighted by Gasteiger charge is 2.11. The van der Waals surface area contributed by atoms with Crippen LogP contribution in [0.5, 0.6) is 5.75 Å². The number of hydrogen-bond donors (Lipinski definition) is 2. The van der Waals surface area contributed by atoms with Crippen molar-refractivity contribution in [1.82, 2.24) is 0 Å². The van der Waals surface area contributed by atoms with Crippen molar-refractivity contribution in [3.8, 4) is 5.75 Å². The van der Waals surface area contributed by atoms with E-state index in [1.165, 1.54) is 36.4 Å². The average Bonchev–Trinajstić information content (AvgIpc) is 2.51. The molecular weight excluding hydrogens is 321 g/mol. The van der Waals surface area contributed by atoms with Crippen molar-refractivity contribution in [1.29, 1.82) is 0 Å².